The monoisotopic (exact) mass is 544 g/mol. The van der Waals surface area contributed by atoms with Gasteiger partial charge in [0.05, 0.1) is 14.6 Å². The van der Waals surface area contributed by atoms with E-state index in [9.17, 15) is 17.6 Å². The van der Waals surface area contributed by atoms with Crippen LogP contribution < -0.4 is 4.90 Å². The van der Waals surface area contributed by atoms with Crippen molar-refractivity contribution in [3.63, 3.8) is 0 Å². The van der Waals surface area contributed by atoms with Gasteiger partial charge in [-0.15, -0.1) is 11.3 Å². The molecule has 1 aliphatic heterocycles. The Balaban J connectivity index is 1.67. The zero-order valence-electron chi connectivity index (χ0n) is 18.9. The van der Waals surface area contributed by atoms with E-state index in [1.54, 1.807) is 17.0 Å². The molecule has 1 saturated heterocycles. The highest BCUT2D eigenvalue weighted by molar-refractivity contribution is 7.91. The molecule has 34 heavy (non-hydrogen) atoms. The molecule has 0 aliphatic carbocycles. The molecule has 0 bridgehead atoms. The Morgan fingerprint density at radius 1 is 1.21 bits per heavy atom. The van der Waals surface area contributed by atoms with Crippen molar-refractivity contribution in [3.8, 4) is 0 Å². The number of aromatic nitrogens is 1. The van der Waals surface area contributed by atoms with Gasteiger partial charge in [-0.25, -0.2) is 17.8 Å². The van der Waals surface area contributed by atoms with Crippen LogP contribution >= 0.6 is 34.3 Å². The number of likely N-dealkylation sites (N-methyl/N-ethyl adjacent to an activating group) is 1. The molecule has 7 nitrogen and oxygen atoms in total. The predicted octanol–water partition coefficient (Wildman–Crippen LogP) is 4.68. The van der Waals surface area contributed by atoms with E-state index in [1.165, 1.54) is 33.8 Å². The maximum absolute atomic E-state index is 13.8. The first kappa shape index (κ1) is 25.5. The molecule has 12 heteroatoms. The molecule has 0 spiro atoms. The number of halogens is 2. The largest absolute Gasteiger partial charge is 0.302 e. The number of hydrogen-bond acceptors (Lipinski definition) is 7. The molecule has 1 aromatic carbocycles. The number of anilines is 1. The van der Waals surface area contributed by atoms with Crippen molar-refractivity contribution >= 4 is 65.6 Å². The summed E-state index contributed by atoms with van der Waals surface area (Å²) >= 11 is 8.19. The lowest BCUT2D eigenvalue weighted by atomic mass is 10.2. The number of benzene rings is 1. The Bertz CT molecular complexity index is 1280. The molecule has 1 fully saturated rings. The van der Waals surface area contributed by atoms with Gasteiger partial charge in [-0.1, -0.05) is 36.8 Å². The summed E-state index contributed by atoms with van der Waals surface area (Å²) in [5, 5.41) is 0.446. The molecular weight excluding hydrogens is 519 g/mol. The van der Waals surface area contributed by atoms with Crippen molar-refractivity contribution in [1.82, 2.24) is 14.2 Å². The van der Waals surface area contributed by atoms with Gasteiger partial charge in [0, 0.05) is 19.6 Å². The van der Waals surface area contributed by atoms with Gasteiger partial charge in [-0.3, -0.25) is 9.69 Å². The molecule has 0 saturated carbocycles. The summed E-state index contributed by atoms with van der Waals surface area (Å²) in [7, 11) is -3.86. The molecular formula is C22H26ClFN4O3S3. The van der Waals surface area contributed by atoms with Gasteiger partial charge >= 0.3 is 0 Å². The van der Waals surface area contributed by atoms with Crippen molar-refractivity contribution in [3.05, 3.63) is 40.5 Å². The smallest absolute Gasteiger partial charge is 0.253 e. The molecule has 0 radical (unpaired) electrons. The summed E-state index contributed by atoms with van der Waals surface area (Å²) in [5.41, 5.74) is 0.603. The van der Waals surface area contributed by atoms with Crippen LogP contribution in [0.5, 0.6) is 0 Å². The summed E-state index contributed by atoms with van der Waals surface area (Å²) in [6, 6.07) is 6.52. The fourth-order valence-electron chi connectivity index (χ4n) is 4.09. The Hall–Kier alpha value is -1.63. The lowest BCUT2D eigenvalue weighted by Crippen LogP contribution is -2.49. The molecule has 184 valence electrons. The van der Waals surface area contributed by atoms with Gasteiger partial charge in [0.25, 0.3) is 10.0 Å². The molecule has 1 aliphatic rings. The summed E-state index contributed by atoms with van der Waals surface area (Å²) in [6.45, 7) is 6.99. The fraction of sp³-hybridized carbons (Fsp3) is 0.455. The van der Waals surface area contributed by atoms with Crippen LogP contribution in [0.15, 0.2) is 34.5 Å². The lowest BCUT2D eigenvalue weighted by Gasteiger charge is -2.29. The molecule has 2 aromatic heterocycles. The number of carbonyl (C=O) groups excluding carboxylic acids is 1. The van der Waals surface area contributed by atoms with Crippen molar-refractivity contribution < 1.29 is 17.6 Å². The summed E-state index contributed by atoms with van der Waals surface area (Å²) < 4.78 is 42.8. The van der Waals surface area contributed by atoms with Gasteiger partial charge in [0.2, 0.25) is 5.91 Å². The van der Waals surface area contributed by atoms with Gasteiger partial charge in [0.1, 0.15) is 16.1 Å². The van der Waals surface area contributed by atoms with E-state index in [1.807, 2.05) is 13.8 Å². The quantitative estimate of drug-likeness (QED) is 0.391. The maximum Gasteiger partial charge on any atom is 0.253 e. The van der Waals surface area contributed by atoms with E-state index < -0.39 is 16.1 Å². The average Bonchev–Trinajstić information content (AvgIpc) is 3.55. The summed E-state index contributed by atoms with van der Waals surface area (Å²) in [5.74, 6) is -0.679. The van der Waals surface area contributed by atoms with Crippen LogP contribution in [0.4, 0.5) is 9.52 Å². The molecule has 0 N–H and O–H groups in total. The number of sulfonamides is 1. The Kier molecular flexibility index (Phi) is 7.90. The molecule has 4 rings (SSSR count). The minimum atomic E-state index is -3.86. The van der Waals surface area contributed by atoms with Crippen molar-refractivity contribution in [2.24, 2.45) is 0 Å². The van der Waals surface area contributed by atoms with Crippen LogP contribution in [-0.2, 0) is 14.8 Å². The number of carbonyl (C=O) groups is 1. The van der Waals surface area contributed by atoms with Crippen molar-refractivity contribution in [1.29, 1.82) is 0 Å². The van der Waals surface area contributed by atoms with Gasteiger partial charge in [-0.2, -0.15) is 4.31 Å². The normalized spacial score (nSPS) is 17.1. The highest BCUT2D eigenvalue weighted by Gasteiger charge is 2.42. The van der Waals surface area contributed by atoms with E-state index in [0.29, 0.717) is 45.6 Å². The first-order chi connectivity index (χ1) is 16.2. The van der Waals surface area contributed by atoms with Crippen LogP contribution in [0.2, 0.25) is 4.34 Å². The highest BCUT2D eigenvalue weighted by atomic mass is 35.5. The Morgan fingerprint density at radius 3 is 2.65 bits per heavy atom. The molecule has 3 heterocycles. The lowest BCUT2D eigenvalue weighted by molar-refractivity contribution is -0.121. The fourth-order valence-corrected chi connectivity index (χ4v) is 8.37. The second kappa shape index (κ2) is 10.5. The number of nitrogens with zero attached hydrogens (tertiary/aromatic N) is 4. The number of fused-ring (bicyclic) bond motifs is 1. The first-order valence-corrected chi connectivity index (χ1v) is 14.6. The van der Waals surface area contributed by atoms with E-state index in [-0.39, 0.29) is 22.5 Å². The number of hydrogen-bond donors (Lipinski definition) is 0. The molecule has 1 atom stereocenters. The highest BCUT2D eigenvalue weighted by Crippen LogP contribution is 2.35. The zero-order chi connectivity index (χ0) is 24.5. The maximum atomic E-state index is 13.8. The molecule has 1 amide bonds. The topological polar surface area (TPSA) is 73.8 Å². The van der Waals surface area contributed by atoms with Crippen LogP contribution in [-0.4, -0.2) is 67.3 Å². The second-order valence-corrected chi connectivity index (χ2v) is 12.8. The van der Waals surface area contributed by atoms with Gasteiger partial charge < -0.3 is 4.90 Å². The second-order valence-electron chi connectivity index (χ2n) is 7.96. The van der Waals surface area contributed by atoms with Crippen molar-refractivity contribution in [2.45, 2.75) is 36.9 Å². The van der Waals surface area contributed by atoms with E-state index in [2.05, 4.69) is 9.88 Å². The third-order valence-electron chi connectivity index (χ3n) is 5.97. The minimum absolute atomic E-state index is 0.127. The van der Waals surface area contributed by atoms with E-state index in [0.717, 1.165) is 24.4 Å². The number of thiazole rings is 1. The first-order valence-electron chi connectivity index (χ1n) is 11.1. The standard InChI is InChI=1S/C22H26ClFN4O3S3/c1-3-26(4-2)12-13-27(22-25-16-8-7-15(24)14-18(16)32-22)21(29)17-6-5-11-28(17)34(30,31)20-10-9-19(23)33-20/h7-10,14,17H,3-6,11-13H2,1-2H3. The Labute approximate surface area is 211 Å². The van der Waals surface area contributed by atoms with Crippen LogP contribution in [0.3, 0.4) is 0 Å². The minimum Gasteiger partial charge on any atom is -0.302 e. The van der Waals surface area contributed by atoms with E-state index >= 15 is 0 Å². The number of amides is 1. The van der Waals surface area contributed by atoms with Crippen LogP contribution in [0, 0.1) is 5.82 Å². The zero-order valence-corrected chi connectivity index (χ0v) is 22.1. The Morgan fingerprint density at radius 2 is 1.97 bits per heavy atom. The summed E-state index contributed by atoms with van der Waals surface area (Å²) in [6.07, 6.45) is 1.02. The number of rotatable bonds is 9. The SMILES string of the molecule is CCN(CC)CCN(C(=O)C1CCCN1S(=O)(=O)c1ccc(Cl)s1)c1nc2ccc(F)cc2s1. The van der Waals surface area contributed by atoms with Crippen molar-refractivity contribution in [2.75, 3.05) is 37.6 Å². The summed E-state index contributed by atoms with van der Waals surface area (Å²) in [4.78, 5) is 22.2. The number of thiophene rings is 1. The predicted molar refractivity (Wildman–Crippen MR) is 136 cm³/mol. The van der Waals surface area contributed by atoms with Crippen LogP contribution in [0.25, 0.3) is 10.2 Å². The molecule has 3 aromatic rings. The van der Waals surface area contributed by atoms with E-state index in [4.69, 9.17) is 11.6 Å². The van der Waals surface area contributed by atoms with Gasteiger partial charge in [0.15, 0.2) is 5.13 Å². The third-order valence-corrected chi connectivity index (χ3v) is 10.6. The molecule has 1 unspecified atom stereocenters. The third kappa shape index (κ3) is 5.14. The van der Waals surface area contributed by atoms with Crippen LogP contribution in [0.1, 0.15) is 26.7 Å². The average molecular weight is 545 g/mol. The van der Waals surface area contributed by atoms with Gasteiger partial charge in [-0.05, 0) is 56.3 Å².